The highest BCUT2D eigenvalue weighted by Gasteiger charge is 2.13. The zero-order valence-electron chi connectivity index (χ0n) is 8.53. The molecule has 0 atom stereocenters. The van der Waals surface area contributed by atoms with Crippen LogP contribution in [0, 0.1) is 5.82 Å². The second-order valence-corrected chi connectivity index (χ2v) is 3.34. The molecule has 0 unspecified atom stereocenters. The number of benzene rings is 2. The van der Waals surface area contributed by atoms with Crippen LogP contribution in [-0.4, -0.2) is 11.1 Å². The molecule has 82 valence electrons. The Morgan fingerprint density at radius 3 is 2.56 bits per heavy atom. The van der Waals surface area contributed by atoms with Crippen LogP contribution in [0.25, 0.3) is 10.8 Å². The number of aromatic hydroxyl groups is 1. The van der Waals surface area contributed by atoms with Gasteiger partial charge in [-0.2, -0.15) is 0 Å². The van der Waals surface area contributed by atoms with Gasteiger partial charge in [0.2, 0.25) is 0 Å². The molecule has 0 amide bonds. The lowest BCUT2D eigenvalue weighted by molar-refractivity contribution is -0.132. The number of esters is 1. The molecule has 4 heteroatoms. The lowest BCUT2D eigenvalue weighted by atomic mass is 10.1. The Hall–Kier alpha value is -2.10. The molecule has 2 aromatic rings. The molecule has 16 heavy (non-hydrogen) atoms. The molecule has 0 aromatic heterocycles. The van der Waals surface area contributed by atoms with Crippen molar-refractivity contribution in [3.8, 4) is 11.5 Å². The van der Waals surface area contributed by atoms with Gasteiger partial charge in [-0.25, -0.2) is 4.39 Å². The fraction of sp³-hybridized carbons (Fsp3) is 0.0833. The highest BCUT2D eigenvalue weighted by molar-refractivity contribution is 5.91. The first kappa shape index (κ1) is 10.4. The molecule has 0 aliphatic carbocycles. The molecule has 0 bridgehead atoms. The quantitative estimate of drug-likeness (QED) is 0.593. The first-order chi connectivity index (χ1) is 7.59. The summed E-state index contributed by atoms with van der Waals surface area (Å²) in [5.74, 6) is -1.54. The minimum absolute atomic E-state index is 0.163. The molecule has 1 N–H and O–H groups in total. The van der Waals surface area contributed by atoms with Gasteiger partial charge in [0.25, 0.3) is 0 Å². The zero-order chi connectivity index (χ0) is 11.7. The van der Waals surface area contributed by atoms with Gasteiger partial charge in [-0.05, 0) is 0 Å². The van der Waals surface area contributed by atoms with E-state index in [4.69, 9.17) is 4.74 Å². The number of carbonyl (C=O) groups is 1. The highest BCUT2D eigenvalue weighted by atomic mass is 19.1. The molecule has 2 aromatic carbocycles. The summed E-state index contributed by atoms with van der Waals surface area (Å²) in [5, 5.41) is 10.4. The van der Waals surface area contributed by atoms with Crippen molar-refractivity contribution in [2.75, 3.05) is 0 Å². The van der Waals surface area contributed by atoms with Crippen LogP contribution >= 0.6 is 0 Å². The lowest BCUT2D eigenvalue weighted by Gasteiger charge is -2.08. The number of halogens is 1. The predicted octanol–water partition coefficient (Wildman–Crippen LogP) is 2.61. The Bertz CT molecular complexity index is 563. The van der Waals surface area contributed by atoms with E-state index in [1.54, 1.807) is 24.3 Å². The summed E-state index contributed by atoms with van der Waals surface area (Å²) in [6.07, 6.45) is 0. The molecule has 0 saturated heterocycles. The van der Waals surface area contributed by atoms with Gasteiger partial charge in [0.15, 0.2) is 11.5 Å². The fourth-order valence-electron chi connectivity index (χ4n) is 1.52. The number of carbonyl (C=O) groups excluding carboxylic acids is 1. The zero-order valence-corrected chi connectivity index (χ0v) is 8.53. The predicted molar refractivity (Wildman–Crippen MR) is 56.9 cm³/mol. The van der Waals surface area contributed by atoms with E-state index in [0.29, 0.717) is 5.39 Å². The van der Waals surface area contributed by atoms with E-state index < -0.39 is 11.8 Å². The normalized spacial score (nSPS) is 10.4. The number of rotatable bonds is 1. The third kappa shape index (κ3) is 1.69. The Labute approximate surface area is 91.1 Å². The molecule has 2 rings (SSSR count). The molecular formula is C12H9FO3. The monoisotopic (exact) mass is 220 g/mol. The van der Waals surface area contributed by atoms with Gasteiger partial charge in [-0.1, -0.05) is 24.3 Å². The summed E-state index contributed by atoms with van der Waals surface area (Å²) < 4.78 is 18.3. The third-order valence-corrected chi connectivity index (χ3v) is 2.18. The second kappa shape index (κ2) is 3.81. The summed E-state index contributed by atoms with van der Waals surface area (Å²) in [6.45, 7) is 1.19. The number of hydrogen-bond acceptors (Lipinski definition) is 3. The number of phenols is 1. The van der Waals surface area contributed by atoms with Crippen molar-refractivity contribution in [2.24, 2.45) is 0 Å². The van der Waals surface area contributed by atoms with Gasteiger partial charge in [-0.15, -0.1) is 0 Å². The maximum absolute atomic E-state index is 13.6. The molecule has 0 heterocycles. The largest absolute Gasteiger partial charge is 0.504 e. The van der Waals surface area contributed by atoms with Gasteiger partial charge >= 0.3 is 5.97 Å². The van der Waals surface area contributed by atoms with Crippen molar-refractivity contribution in [1.82, 2.24) is 0 Å². The molecule has 3 nitrogen and oxygen atoms in total. The van der Waals surface area contributed by atoms with Gasteiger partial charge in [0.05, 0.1) is 0 Å². The van der Waals surface area contributed by atoms with Gasteiger partial charge in [0.1, 0.15) is 5.82 Å². The molecule has 0 saturated carbocycles. The summed E-state index contributed by atoms with van der Waals surface area (Å²) >= 11 is 0. The van der Waals surface area contributed by atoms with E-state index in [1.807, 2.05) is 0 Å². The van der Waals surface area contributed by atoms with E-state index in [1.165, 1.54) is 6.92 Å². The molecule has 0 fully saturated rings. The minimum atomic E-state index is -0.606. The van der Waals surface area contributed by atoms with Crippen LogP contribution in [0.2, 0.25) is 0 Å². The summed E-state index contributed by atoms with van der Waals surface area (Å²) in [5.41, 5.74) is 0. The van der Waals surface area contributed by atoms with E-state index in [0.717, 1.165) is 6.07 Å². The van der Waals surface area contributed by atoms with E-state index in [9.17, 15) is 14.3 Å². The Morgan fingerprint density at radius 2 is 1.94 bits per heavy atom. The van der Waals surface area contributed by atoms with Crippen LogP contribution in [0.1, 0.15) is 6.92 Å². The lowest BCUT2D eigenvalue weighted by Crippen LogP contribution is -2.02. The molecular weight excluding hydrogens is 211 g/mol. The molecule has 0 aliphatic heterocycles. The molecule has 0 aliphatic rings. The summed E-state index contributed by atoms with van der Waals surface area (Å²) in [7, 11) is 0. The minimum Gasteiger partial charge on any atom is -0.504 e. The van der Waals surface area contributed by atoms with E-state index >= 15 is 0 Å². The highest BCUT2D eigenvalue weighted by Crippen LogP contribution is 2.36. The van der Waals surface area contributed by atoms with E-state index in [2.05, 4.69) is 0 Å². The average Bonchev–Trinajstić information content (AvgIpc) is 2.25. The van der Waals surface area contributed by atoms with Crippen molar-refractivity contribution in [2.45, 2.75) is 6.92 Å². The number of phenolic OH excluding ortho intramolecular Hbond substituents is 1. The van der Waals surface area contributed by atoms with Gasteiger partial charge < -0.3 is 9.84 Å². The Kier molecular flexibility index (Phi) is 2.48. The standard InChI is InChI=1S/C12H9FO3/c1-7(14)16-11-6-10(13)8-4-2-3-5-9(8)12(11)15/h2-6,15H,1H3. The topological polar surface area (TPSA) is 46.5 Å². The van der Waals surface area contributed by atoms with Crippen molar-refractivity contribution < 1.29 is 19.0 Å². The maximum atomic E-state index is 13.6. The van der Waals surface area contributed by atoms with Crippen LogP contribution in [0.4, 0.5) is 4.39 Å². The summed E-state index contributed by atoms with van der Waals surface area (Å²) in [4.78, 5) is 10.8. The number of fused-ring (bicyclic) bond motifs is 1. The average molecular weight is 220 g/mol. The van der Waals surface area contributed by atoms with Crippen molar-refractivity contribution in [3.05, 3.63) is 36.1 Å². The second-order valence-electron chi connectivity index (χ2n) is 3.34. The SMILES string of the molecule is CC(=O)Oc1cc(F)c2ccccc2c1O. The number of ether oxygens (including phenoxy) is 1. The van der Waals surface area contributed by atoms with Crippen LogP contribution in [0.5, 0.6) is 11.5 Å². The van der Waals surface area contributed by atoms with E-state index in [-0.39, 0.29) is 16.9 Å². The van der Waals surface area contributed by atoms with Gasteiger partial charge in [0, 0.05) is 23.8 Å². The maximum Gasteiger partial charge on any atom is 0.308 e. The summed E-state index contributed by atoms with van der Waals surface area (Å²) in [6, 6.07) is 7.43. The van der Waals surface area contributed by atoms with Crippen molar-refractivity contribution in [3.63, 3.8) is 0 Å². The third-order valence-electron chi connectivity index (χ3n) is 2.18. The smallest absolute Gasteiger partial charge is 0.308 e. The molecule has 0 radical (unpaired) electrons. The van der Waals surface area contributed by atoms with Crippen LogP contribution in [-0.2, 0) is 4.79 Å². The van der Waals surface area contributed by atoms with Crippen LogP contribution < -0.4 is 4.74 Å². The van der Waals surface area contributed by atoms with Gasteiger partial charge in [-0.3, -0.25) is 4.79 Å². The van der Waals surface area contributed by atoms with Crippen molar-refractivity contribution in [1.29, 1.82) is 0 Å². The van der Waals surface area contributed by atoms with Crippen LogP contribution in [0.15, 0.2) is 30.3 Å². The first-order valence-corrected chi connectivity index (χ1v) is 4.68. The Morgan fingerprint density at radius 1 is 1.31 bits per heavy atom. The first-order valence-electron chi connectivity index (χ1n) is 4.68. The fourth-order valence-corrected chi connectivity index (χ4v) is 1.52. The Balaban J connectivity index is 2.70. The van der Waals surface area contributed by atoms with Crippen LogP contribution in [0.3, 0.4) is 0 Å². The molecule has 0 spiro atoms. The van der Waals surface area contributed by atoms with Crippen molar-refractivity contribution >= 4 is 16.7 Å². The number of hydrogen-bond donors (Lipinski definition) is 1.